The van der Waals surface area contributed by atoms with Crippen molar-refractivity contribution in [1.82, 2.24) is 58.7 Å². The Morgan fingerprint density at radius 2 is 0.855 bits per heavy atom. The fourth-order valence-corrected chi connectivity index (χ4v) is 18.6. The molecule has 5 saturated heterocycles. The molecule has 8 heterocycles. The molecule has 0 unspecified atom stereocenters. The third-order valence-electron chi connectivity index (χ3n) is 25.2. The van der Waals surface area contributed by atoms with E-state index in [4.69, 9.17) is 23.2 Å². The molecule has 3 aromatic heterocycles. The van der Waals surface area contributed by atoms with Gasteiger partial charge in [0.05, 0.1) is 45.3 Å². The van der Waals surface area contributed by atoms with Crippen LogP contribution in [0.5, 0.6) is 0 Å². The van der Waals surface area contributed by atoms with Gasteiger partial charge in [-0.3, -0.25) is 24.2 Å². The number of aryl methyl sites for hydroxylation is 3. The van der Waals surface area contributed by atoms with Crippen LogP contribution in [-0.4, -0.2) is 173 Å². The van der Waals surface area contributed by atoms with Gasteiger partial charge >= 0.3 is 0 Å². The number of likely N-dealkylation sites (tertiary alicyclic amines) is 5. The summed E-state index contributed by atoms with van der Waals surface area (Å²) in [5.74, 6) is -7.36. The summed E-state index contributed by atoms with van der Waals surface area (Å²) in [5, 5.41) is 14.8. The number of benzene rings is 6. The highest BCUT2D eigenvalue weighted by molar-refractivity contribution is 6.34. The Morgan fingerprint density at radius 3 is 1.29 bits per heavy atom. The molecule has 6 aliphatic rings. The Labute approximate surface area is 691 Å². The molecule has 0 N–H and O–H groups in total. The zero-order chi connectivity index (χ0) is 83.3. The Kier molecular flexibility index (Phi) is 26.6. The van der Waals surface area contributed by atoms with Gasteiger partial charge in [0.25, 0.3) is 0 Å². The average molecular weight is 1660 g/mol. The molecule has 26 heteroatoms. The van der Waals surface area contributed by atoms with E-state index < -0.39 is 58.4 Å². The Bertz CT molecular complexity index is 5070. The number of rotatable bonds is 13. The zero-order valence-corrected chi connectivity index (χ0v) is 69.4. The monoisotopic (exact) mass is 1660 g/mol. The number of halogens is 11. The first-order valence-electron chi connectivity index (χ1n) is 40.1. The summed E-state index contributed by atoms with van der Waals surface area (Å²) in [5.41, 5.74) is 7.81. The summed E-state index contributed by atoms with van der Waals surface area (Å²) in [7, 11) is 3.98. The maximum absolute atomic E-state index is 14.9. The molecule has 9 aromatic rings. The van der Waals surface area contributed by atoms with Gasteiger partial charge in [0.2, 0.25) is 17.7 Å². The van der Waals surface area contributed by atoms with Crippen LogP contribution in [0.15, 0.2) is 134 Å². The fourth-order valence-electron chi connectivity index (χ4n) is 18.3. The number of carbonyl (C=O) groups excluding carboxylic acids is 3. The van der Waals surface area contributed by atoms with Crippen LogP contribution in [0.1, 0.15) is 193 Å². The van der Waals surface area contributed by atoms with Gasteiger partial charge in [0.1, 0.15) is 40.7 Å². The van der Waals surface area contributed by atoms with Crippen LogP contribution in [0, 0.1) is 90.9 Å². The molecule has 1 aliphatic carbocycles. The number of aromatic nitrogens is 6. The molecule has 7 atom stereocenters. The van der Waals surface area contributed by atoms with Gasteiger partial charge in [-0.05, 0) is 242 Å². The summed E-state index contributed by atoms with van der Waals surface area (Å²) >= 11 is 12.7. The second-order valence-corrected chi connectivity index (χ2v) is 35.8. The quantitative estimate of drug-likeness (QED) is 0.104. The van der Waals surface area contributed by atoms with Gasteiger partial charge in [0.15, 0.2) is 11.6 Å². The van der Waals surface area contributed by atoms with Gasteiger partial charge in [-0.15, -0.1) is 0 Å². The van der Waals surface area contributed by atoms with E-state index in [9.17, 15) is 53.9 Å². The Balaban J connectivity index is 0.000000161. The van der Waals surface area contributed by atoms with Gasteiger partial charge in [-0.25, -0.2) is 53.6 Å². The van der Waals surface area contributed by atoms with Crippen molar-refractivity contribution in [2.24, 2.45) is 17.8 Å². The third-order valence-corrected chi connectivity index (χ3v) is 25.7. The standard InChI is InChI=1S/C30H34Cl2F2N4O.C30H34F4N4O.C30H35F3N4O.CH4/c1-18-13-27(38(35-18)28-14-20(31)5-8-25(28)32)19-9-11-36(12-10-19)29(39)24-17-37(30(2,3)4)16-23(24)22-7-6-21(33)15-26(22)34;1-18-13-28(38(35-18)21-6-8-25(32)27(34)15-21)19-9-11-36(12-10-19)29(39)24-17-37(30(2,3)4)16-23(24)22-7-5-20(31)14-26(22)33;1-19-15-22(6-8-26(19)32)37-28(9-12-34-37)20-10-13-36(14-11-20)29(38)25-18-30(2,35(3)4)17-24(25)23-7-5-21(31)16-27(23)33;/h2*5-8,13-15,19,23-24H,9-12,16-17H2,1-4H3;5-9,12,15-16,20,24-25H,10-11,13-14,17-18H2,1-4H3;1H4/t2*23-,24+;24-,25+,30-;/m000./s1. The van der Waals surface area contributed by atoms with E-state index in [-0.39, 0.29) is 89.0 Å². The topological polar surface area (TPSA) is 124 Å². The summed E-state index contributed by atoms with van der Waals surface area (Å²) in [4.78, 5) is 53.9. The first-order valence-corrected chi connectivity index (χ1v) is 40.9. The normalized spacial score (nSPS) is 22.0. The molecule has 6 aromatic carbocycles. The van der Waals surface area contributed by atoms with Crippen molar-refractivity contribution in [3.63, 3.8) is 0 Å². The van der Waals surface area contributed by atoms with Gasteiger partial charge in [-0.2, -0.15) is 15.3 Å². The van der Waals surface area contributed by atoms with Crippen LogP contribution < -0.4 is 0 Å². The zero-order valence-electron chi connectivity index (χ0n) is 67.9. The lowest BCUT2D eigenvalue weighted by atomic mass is 9.86. The fraction of sp³-hybridized carbons (Fsp3) is 0.473. The number of hydrogen-bond donors (Lipinski definition) is 0. The summed E-state index contributed by atoms with van der Waals surface area (Å²) in [6, 6.07) is 31.1. The van der Waals surface area contributed by atoms with Crippen molar-refractivity contribution in [1.29, 1.82) is 0 Å². The number of hydrogen-bond acceptors (Lipinski definition) is 9. The van der Waals surface area contributed by atoms with E-state index in [0.29, 0.717) is 129 Å². The molecule has 0 bridgehead atoms. The third kappa shape index (κ3) is 19.1. The molecular weight excluding hydrogens is 1550 g/mol. The predicted octanol–water partition coefficient (Wildman–Crippen LogP) is 19.4. The number of nitrogens with zero attached hydrogens (tertiary/aromatic N) is 12. The van der Waals surface area contributed by atoms with Crippen LogP contribution in [0.2, 0.25) is 10.0 Å². The lowest BCUT2D eigenvalue weighted by Gasteiger charge is -2.35. The molecule has 6 fully saturated rings. The lowest BCUT2D eigenvalue weighted by molar-refractivity contribution is -0.137. The first kappa shape index (κ1) is 87.5. The molecule has 1 saturated carbocycles. The van der Waals surface area contributed by atoms with E-state index in [1.807, 2.05) is 70.2 Å². The van der Waals surface area contributed by atoms with Crippen LogP contribution >= 0.6 is 23.2 Å². The summed E-state index contributed by atoms with van der Waals surface area (Å²) < 4.78 is 132. The molecule has 15 rings (SSSR count). The highest BCUT2D eigenvalue weighted by Gasteiger charge is 2.51. The van der Waals surface area contributed by atoms with Crippen molar-refractivity contribution in [3.8, 4) is 17.1 Å². The van der Waals surface area contributed by atoms with Crippen LogP contribution in [-0.2, 0) is 14.4 Å². The van der Waals surface area contributed by atoms with E-state index >= 15 is 0 Å². The van der Waals surface area contributed by atoms with Crippen LogP contribution in [0.25, 0.3) is 17.1 Å². The Morgan fingerprint density at radius 1 is 0.436 bits per heavy atom. The minimum absolute atomic E-state index is 0. The molecular formula is C91H107Cl2F9N12O3. The number of piperidine rings is 3. The van der Waals surface area contributed by atoms with Crippen molar-refractivity contribution < 1.29 is 53.9 Å². The second kappa shape index (κ2) is 35.6. The highest BCUT2D eigenvalue weighted by atomic mass is 35.5. The second-order valence-electron chi connectivity index (χ2n) is 34.9. The molecule has 0 radical (unpaired) electrons. The smallest absolute Gasteiger partial charge is 0.227 e. The molecule has 626 valence electrons. The van der Waals surface area contributed by atoms with Gasteiger partial charge in [-0.1, -0.05) is 48.8 Å². The van der Waals surface area contributed by atoms with E-state index in [1.165, 1.54) is 48.5 Å². The maximum atomic E-state index is 14.9. The first-order chi connectivity index (χ1) is 54.9. The minimum atomic E-state index is -0.931. The van der Waals surface area contributed by atoms with Crippen molar-refractivity contribution in [3.05, 3.63) is 247 Å². The SMILES string of the molecule is C.Cc1cc(-n2nccc2C2CCN(C(=O)[C@@H]3C[C@@](C)(N(C)C)C[C@H]3c3ccc(F)cc3F)CC2)ccc1F.Cc1cc(C2CCN(C(=O)[C@@H]3CN(C(C)(C)C)C[C@H]3c3ccc(F)cc3F)CC2)n(-c2cc(Cl)ccc2Cl)n1.Cc1cc(C2CCN(C(=O)[C@@H]3CN(C(C)(C)C)C[C@H]3c3ccc(F)cc3F)CC2)n(-c2ccc(F)c(F)c2)n1. The van der Waals surface area contributed by atoms with Gasteiger partial charge < -0.3 is 19.6 Å². The molecule has 5 aliphatic heterocycles. The number of carbonyl (C=O) groups is 3. The largest absolute Gasteiger partial charge is 0.342 e. The van der Waals surface area contributed by atoms with Gasteiger partial charge in [0, 0.05) is 176 Å². The number of amides is 3. The maximum Gasteiger partial charge on any atom is 0.227 e. The summed E-state index contributed by atoms with van der Waals surface area (Å²) in [6.07, 6.45) is 7.50. The summed E-state index contributed by atoms with van der Waals surface area (Å²) in [6.45, 7) is 25.7. The van der Waals surface area contributed by atoms with E-state index in [2.05, 4.69) is 84.5 Å². The van der Waals surface area contributed by atoms with Crippen molar-refractivity contribution in [2.45, 2.75) is 180 Å². The molecule has 0 spiro atoms. The molecule has 3 amide bonds. The van der Waals surface area contributed by atoms with Crippen LogP contribution in [0.4, 0.5) is 39.5 Å². The Hall–Kier alpha value is -8.81. The minimum Gasteiger partial charge on any atom is -0.342 e. The van der Waals surface area contributed by atoms with E-state index in [1.54, 1.807) is 42.1 Å². The molecule has 15 nitrogen and oxygen atoms in total. The van der Waals surface area contributed by atoms with Crippen molar-refractivity contribution in [2.75, 3.05) is 79.5 Å². The predicted molar refractivity (Wildman–Crippen MR) is 439 cm³/mol. The average Bonchev–Trinajstić information content (AvgIpc) is 1.70. The highest BCUT2D eigenvalue weighted by Crippen LogP contribution is 2.50. The van der Waals surface area contributed by atoms with Crippen LogP contribution in [0.3, 0.4) is 0 Å². The van der Waals surface area contributed by atoms with Crippen molar-refractivity contribution >= 4 is 40.9 Å². The van der Waals surface area contributed by atoms with E-state index in [0.717, 1.165) is 95.9 Å². The lowest BCUT2D eigenvalue weighted by Crippen LogP contribution is -2.44. The molecule has 117 heavy (non-hydrogen) atoms.